The van der Waals surface area contributed by atoms with Crippen LogP contribution in [0.2, 0.25) is 0 Å². The van der Waals surface area contributed by atoms with Gasteiger partial charge in [-0.15, -0.1) is 11.6 Å². The van der Waals surface area contributed by atoms with Gasteiger partial charge in [0.2, 0.25) is 0 Å². The summed E-state index contributed by atoms with van der Waals surface area (Å²) in [5.74, 6) is 3.27. The number of hydrogen-bond donors (Lipinski definition) is 0. The van der Waals surface area contributed by atoms with Gasteiger partial charge in [-0.2, -0.15) is 11.8 Å². The first kappa shape index (κ1) is 7.74. The van der Waals surface area contributed by atoms with E-state index < -0.39 is 0 Å². The molecule has 0 saturated carbocycles. The van der Waals surface area contributed by atoms with E-state index in [1.807, 2.05) is 11.8 Å². The van der Waals surface area contributed by atoms with Gasteiger partial charge < -0.3 is 0 Å². The SMILES string of the molecule is CCCC1CSCC1Cl. The maximum Gasteiger partial charge on any atom is 0.0462 e. The number of rotatable bonds is 2. The van der Waals surface area contributed by atoms with Crippen LogP contribution in [0.1, 0.15) is 19.8 Å². The summed E-state index contributed by atoms with van der Waals surface area (Å²) in [6.07, 6.45) is 2.61. The molecule has 0 aliphatic carbocycles. The maximum absolute atomic E-state index is 6.04. The molecule has 0 amide bonds. The van der Waals surface area contributed by atoms with Crippen molar-refractivity contribution in [2.75, 3.05) is 11.5 Å². The van der Waals surface area contributed by atoms with E-state index in [2.05, 4.69) is 6.92 Å². The van der Waals surface area contributed by atoms with Crippen LogP contribution in [0.4, 0.5) is 0 Å². The lowest BCUT2D eigenvalue weighted by molar-refractivity contribution is 0.544. The molecule has 0 radical (unpaired) electrons. The van der Waals surface area contributed by atoms with Crippen molar-refractivity contribution >= 4 is 23.4 Å². The lowest BCUT2D eigenvalue weighted by Gasteiger charge is -2.09. The topological polar surface area (TPSA) is 0 Å². The van der Waals surface area contributed by atoms with Gasteiger partial charge in [0.25, 0.3) is 0 Å². The maximum atomic E-state index is 6.04. The minimum atomic E-state index is 0.468. The van der Waals surface area contributed by atoms with E-state index in [9.17, 15) is 0 Å². The molecule has 1 saturated heterocycles. The molecular weight excluding hydrogens is 152 g/mol. The molecule has 0 aromatic rings. The second kappa shape index (κ2) is 3.72. The molecule has 9 heavy (non-hydrogen) atoms. The van der Waals surface area contributed by atoms with Crippen LogP contribution in [0.15, 0.2) is 0 Å². The lowest BCUT2D eigenvalue weighted by Crippen LogP contribution is -2.10. The van der Waals surface area contributed by atoms with Crippen molar-refractivity contribution in [2.24, 2.45) is 5.92 Å². The van der Waals surface area contributed by atoms with Crippen LogP contribution < -0.4 is 0 Å². The minimum absolute atomic E-state index is 0.468. The highest BCUT2D eigenvalue weighted by Gasteiger charge is 2.24. The molecule has 1 aliphatic rings. The Hall–Kier alpha value is 0.640. The smallest absolute Gasteiger partial charge is 0.0462 e. The Labute approximate surface area is 66.3 Å². The molecular formula is C7H13ClS. The number of thioether (sulfide) groups is 1. The Balaban J connectivity index is 2.22. The van der Waals surface area contributed by atoms with Gasteiger partial charge in [0.1, 0.15) is 0 Å². The fraction of sp³-hybridized carbons (Fsp3) is 1.00. The van der Waals surface area contributed by atoms with E-state index in [0.29, 0.717) is 5.38 Å². The number of halogens is 1. The summed E-state index contributed by atoms with van der Waals surface area (Å²) in [5.41, 5.74) is 0. The molecule has 0 nitrogen and oxygen atoms in total. The summed E-state index contributed by atoms with van der Waals surface area (Å²) in [6, 6.07) is 0. The summed E-state index contributed by atoms with van der Waals surface area (Å²) in [7, 11) is 0. The lowest BCUT2D eigenvalue weighted by atomic mass is 10.0. The molecule has 2 atom stereocenters. The van der Waals surface area contributed by atoms with Gasteiger partial charge in [-0.05, 0) is 18.1 Å². The fourth-order valence-corrected chi connectivity index (χ4v) is 3.13. The van der Waals surface area contributed by atoms with Crippen LogP contribution in [0.25, 0.3) is 0 Å². The quantitative estimate of drug-likeness (QED) is 0.566. The van der Waals surface area contributed by atoms with Crippen LogP contribution in [0.5, 0.6) is 0 Å². The van der Waals surface area contributed by atoms with E-state index in [1.165, 1.54) is 24.3 Å². The highest BCUT2D eigenvalue weighted by Crippen LogP contribution is 2.31. The highest BCUT2D eigenvalue weighted by molar-refractivity contribution is 7.99. The van der Waals surface area contributed by atoms with Gasteiger partial charge in [-0.3, -0.25) is 0 Å². The van der Waals surface area contributed by atoms with E-state index in [1.54, 1.807) is 0 Å². The van der Waals surface area contributed by atoms with Crippen molar-refractivity contribution in [1.29, 1.82) is 0 Å². The predicted molar refractivity (Wildman–Crippen MR) is 45.4 cm³/mol. The molecule has 0 aromatic heterocycles. The van der Waals surface area contributed by atoms with Gasteiger partial charge in [0.05, 0.1) is 0 Å². The van der Waals surface area contributed by atoms with Crippen LogP contribution in [-0.4, -0.2) is 16.9 Å². The standard InChI is InChI=1S/C7H13ClS/c1-2-3-6-4-9-5-7(6)8/h6-7H,2-5H2,1H3. The van der Waals surface area contributed by atoms with Crippen LogP contribution in [0.3, 0.4) is 0 Å². The molecule has 0 spiro atoms. The summed E-state index contributed by atoms with van der Waals surface area (Å²) in [4.78, 5) is 0. The molecule has 2 unspecified atom stereocenters. The van der Waals surface area contributed by atoms with Crippen molar-refractivity contribution in [3.63, 3.8) is 0 Å². The van der Waals surface area contributed by atoms with E-state index in [0.717, 1.165) is 5.92 Å². The zero-order chi connectivity index (χ0) is 6.69. The molecule has 1 rings (SSSR count). The number of hydrogen-bond acceptors (Lipinski definition) is 1. The Bertz CT molecular complexity index is 85.0. The van der Waals surface area contributed by atoms with Gasteiger partial charge in [-0.1, -0.05) is 13.3 Å². The molecule has 0 bridgehead atoms. The first-order valence-electron chi connectivity index (χ1n) is 3.56. The Morgan fingerprint density at radius 3 is 2.78 bits per heavy atom. The highest BCUT2D eigenvalue weighted by atomic mass is 35.5. The van der Waals surface area contributed by atoms with Gasteiger partial charge in [-0.25, -0.2) is 0 Å². The van der Waals surface area contributed by atoms with E-state index >= 15 is 0 Å². The summed E-state index contributed by atoms with van der Waals surface area (Å²) in [5, 5.41) is 0.468. The molecule has 2 heteroatoms. The van der Waals surface area contributed by atoms with Crippen LogP contribution in [0, 0.1) is 5.92 Å². The van der Waals surface area contributed by atoms with Crippen molar-refractivity contribution in [3.05, 3.63) is 0 Å². The zero-order valence-corrected chi connectivity index (χ0v) is 7.34. The van der Waals surface area contributed by atoms with Crippen molar-refractivity contribution in [1.82, 2.24) is 0 Å². The molecule has 1 fully saturated rings. The van der Waals surface area contributed by atoms with Crippen molar-refractivity contribution < 1.29 is 0 Å². The van der Waals surface area contributed by atoms with Crippen molar-refractivity contribution in [3.8, 4) is 0 Å². The molecule has 1 aliphatic heterocycles. The summed E-state index contributed by atoms with van der Waals surface area (Å²) < 4.78 is 0. The molecule has 54 valence electrons. The number of alkyl halides is 1. The summed E-state index contributed by atoms with van der Waals surface area (Å²) >= 11 is 8.03. The van der Waals surface area contributed by atoms with Gasteiger partial charge in [0, 0.05) is 11.1 Å². The molecule has 1 heterocycles. The Morgan fingerprint density at radius 1 is 1.56 bits per heavy atom. The average molecular weight is 165 g/mol. The Kier molecular flexibility index (Phi) is 3.20. The van der Waals surface area contributed by atoms with E-state index in [-0.39, 0.29) is 0 Å². The second-order valence-corrected chi connectivity index (χ2v) is 4.24. The molecule has 0 aromatic carbocycles. The monoisotopic (exact) mass is 164 g/mol. The molecule has 0 N–H and O–H groups in total. The first-order valence-corrected chi connectivity index (χ1v) is 5.15. The van der Waals surface area contributed by atoms with Gasteiger partial charge in [0.15, 0.2) is 0 Å². The van der Waals surface area contributed by atoms with Crippen molar-refractivity contribution in [2.45, 2.75) is 25.1 Å². The fourth-order valence-electron chi connectivity index (χ4n) is 1.21. The summed E-state index contributed by atoms with van der Waals surface area (Å²) in [6.45, 7) is 2.23. The third-order valence-electron chi connectivity index (χ3n) is 1.78. The Morgan fingerprint density at radius 2 is 2.33 bits per heavy atom. The third kappa shape index (κ3) is 2.05. The first-order chi connectivity index (χ1) is 4.34. The predicted octanol–water partition coefficient (Wildman–Crippen LogP) is 2.76. The van der Waals surface area contributed by atoms with E-state index in [4.69, 9.17) is 11.6 Å². The van der Waals surface area contributed by atoms with Gasteiger partial charge >= 0.3 is 0 Å². The average Bonchev–Trinajstić information content (AvgIpc) is 2.18. The van der Waals surface area contributed by atoms with Crippen LogP contribution in [-0.2, 0) is 0 Å². The second-order valence-electron chi connectivity index (χ2n) is 2.60. The van der Waals surface area contributed by atoms with Crippen LogP contribution >= 0.6 is 23.4 Å². The third-order valence-corrected chi connectivity index (χ3v) is 3.73. The zero-order valence-electron chi connectivity index (χ0n) is 5.77. The minimum Gasteiger partial charge on any atom is -0.160 e. The normalized spacial score (nSPS) is 35.3. The largest absolute Gasteiger partial charge is 0.160 e.